The third-order valence-corrected chi connectivity index (χ3v) is 8.97. The number of aromatic nitrogens is 3. The summed E-state index contributed by atoms with van der Waals surface area (Å²) in [5.74, 6) is 0.191. The van der Waals surface area contributed by atoms with E-state index in [9.17, 15) is 8.42 Å². The Morgan fingerprint density at radius 3 is 2.73 bits per heavy atom. The Bertz CT molecular complexity index is 1240. The normalized spacial score (nSPS) is 24.6. The van der Waals surface area contributed by atoms with Gasteiger partial charge in [0.05, 0.1) is 23.3 Å². The molecule has 0 saturated carbocycles. The lowest BCUT2D eigenvalue weighted by molar-refractivity contribution is 0.152. The van der Waals surface area contributed by atoms with Gasteiger partial charge in [0.1, 0.15) is 11.5 Å². The number of nitrogens with zero attached hydrogens (tertiary/aromatic N) is 5. The van der Waals surface area contributed by atoms with Crippen molar-refractivity contribution in [2.75, 3.05) is 17.7 Å². The van der Waals surface area contributed by atoms with E-state index in [1.807, 2.05) is 19.9 Å². The van der Waals surface area contributed by atoms with Crippen molar-refractivity contribution in [1.82, 2.24) is 19.3 Å². The first-order valence-corrected chi connectivity index (χ1v) is 13.7. The van der Waals surface area contributed by atoms with Crippen molar-refractivity contribution >= 4 is 33.4 Å². The van der Waals surface area contributed by atoms with E-state index in [1.54, 1.807) is 10.6 Å². The van der Waals surface area contributed by atoms with E-state index in [4.69, 9.17) is 16.6 Å². The summed E-state index contributed by atoms with van der Waals surface area (Å²) < 4.78 is 26.2. The van der Waals surface area contributed by atoms with Gasteiger partial charge < -0.3 is 4.90 Å². The molecule has 0 aromatic carbocycles. The Hall–Kier alpha value is -2.03. The number of anilines is 1. The molecule has 9 heteroatoms. The van der Waals surface area contributed by atoms with Crippen LogP contribution in [0.25, 0.3) is 6.08 Å². The third kappa shape index (κ3) is 4.06. The number of sulfonamides is 1. The summed E-state index contributed by atoms with van der Waals surface area (Å²) >= 11 is 6.39. The fourth-order valence-electron chi connectivity index (χ4n) is 5.86. The van der Waals surface area contributed by atoms with Gasteiger partial charge in [-0.3, -0.25) is 0 Å². The molecule has 0 radical (unpaired) electrons. The summed E-state index contributed by atoms with van der Waals surface area (Å²) in [5.41, 5.74) is 6.16. The summed E-state index contributed by atoms with van der Waals surface area (Å²) in [7, 11) is -3.25. The highest BCUT2D eigenvalue weighted by molar-refractivity contribution is 7.88. The summed E-state index contributed by atoms with van der Waals surface area (Å²) in [6.45, 7) is 7.46. The van der Waals surface area contributed by atoms with Crippen molar-refractivity contribution in [3.63, 3.8) is 0 Å². The number of hydrogen-bond acceptors (Lipinski definition) is 6. The first-order valence-electron chi connectivity index (χ1n) is 11.5. The van der Waals surface area contributed by atoms with Gasteiger partial charge in [-0.15, -0.1) is 0 Å². The Morgan fingerprint density at radius 1 is 1.21 bits per heavy atom. The van der Waals surface area contributed by atoms with E-state index in [2.05, 4.69) is 33.9 Å². The van der Waals surface area contributed by atoms with Gasteiger partial charge in [-0.1, -0.05) is 23.8 Å². The molecule has 1 fully saturated rings. The van der Waals surface area contributed by atoms with Crippen molar-refractivity contribution in [3.8, 4) is 0 Å². The zero-order valence-electron chi connectivity index (χ0n) is 19.5. The van der Waals surface area contributed by atoms with Gasteiger partial charge in [0.2, 0.25) is 10.0 Å². The molecule has 1 aliphatic carbocycles. The predicted octanol–water partition coefficient (Wildman–Crippen LogP) is 3.96. The van der Waals surface area contributed by atoms with E-state index in [1.165, 1.54) is 11.8 Å². The van der Waals surface area contributed by atoms with E-state index >= 15 is 0 Å². The first-order chi connectivity index (χ1) is 15.5. The number of halogens is 1. The molecule has 4 heterocycles. The first kappa shape index (κ1) is 22.7. The highest BCUT2D eigenvalue weighted by atomic mass is 35.5. The fourth-order valence-corrected chi connectivity index (χ4v) is 7.47. The maximum absolute atomic E-state index is 12.3. The standard InChI is InChI=1S/C24H30ClN5O2S/c1-15-10-20-18(13-29(15)21-11-22(25)28-19-7-5-6-17(19)21)23(27-14-26-20)16-8-9-30(33(4,31)32)24(2,3)12-16/h5-6,11,14-16H,7-10,12-13H2,1-4H3/t15-,16?/m1/s1. The minimum atomic E-state index is -3.25. The average molecular weight is 488 g/mol. The van der Waals surface area contributed by atoms with Gasteiger partial charge in [-0.2, -0.15) is 4.31 Å². The van der Waals surface area contributed by atoms with Crippen LogP contribution < -0.4 is 4.90 Å². The van der Waals surface area contributed by atoms with E-state index in [0.29, 0.717) is 18.2 Å². The summed E-state index contributed by atoms with van der Waals surface area (Å²) in [5, 5.41) is 0.518. The second kappa shape index (κ2) is 8.03. The SMILES string of the molecule is C[C@@H]1Cc2ncnc(C3CCN(S(C)(=O)=O)C(C)(C)C3)c2CN1c1cc(Cl)nc2c1C=CC2. The van der Waals surface area contributed by atoms with Crippen LogP contribution in [0.3, 0.4) is 0 Å². The van der Waals surface area contributed by atoms with Crippen molar-refractivity contribution < 1.29 is 8.42 Å². The van der Waals surface area contributed by atoms with Gasteiger partial charge in [0.15, 0.2) is 0 Å². The predicted molar refractivity (Wildman–Crippen MR) is 131 cm³/mol. The molecule has 0 bridgehead atoms. The molecule has 176 valence electrons. The quantitative estimate of drug-likeness (QED) is 0.609. The molecule has 0 amide bonds. The van der Waals surface area contributed by atoms with E-state index in [0.717, 1.165) is 54.0 Å². The lowest BCUT2D eigenvalue weighted by Crippen LogP contribution is -2.52. The fraction of sp³-hybridized carbons (Fsp3) is 0.542. The number of rotatable bonds is 3. The molecule has 33 heavy (non-hydrogen) atoms. The van der Waals surface area contributed by atoms with Gasteiger partial charge in [0.25, 0.3) is 0 Å². The Labute approximate surface area is 200 Å². The zero-order valence-corrected chi connectivity index (χ0v) is 21.1. The van der Waals surface area contributed by atoms with Crippen LogP contribution in [0.4, 0.5) is 5.69 Å². The van der Waals surface area contributed by atoms with Crippen LogP contribution in [0.1, 0.15) is 67.7 Å². The summed E-state index contributed by atoms with van der Waals surface area (Å²) in [4.78, 5) is 16.3. The summed E-state index contributed by atoms with van der Waals surface area (Å²) in [6.07, 6.45) is 10.4. The van der Waals surface area contributed by atoms with Crippen LogP contribution in [0.15, 0.2) is 18.5 Å². The highest BCUT2D eigenvalue weighted by Crippen LogP contribution is 2.42. The second-order valence-electron chi connectivity index (χ2n) is 10.1. The number of allylic oxidation sites excluding steroid dienone is 1. The molecular formula is C24H30ClN5O2S. The smallest absolute Gasteiger partial charge is 0.211 e. The summed E-state index contributed by atoms with van der Waals surface area (Å²) in [6, 6.07) is 2.23. The molecule has 7 nitrogen and oxygen atoms in total. The Morgan fingerprint density at radius 2 is 2.00 bits per heavy atom. The molecule has 1 unspecified atom stereocenters. The largest absolute Gasteiger partial charge is 0.363 e. The molecule has 2 aliphatic heterocycles. The van der Waals surface area contributed by atoms with Crippen molar-refractivity contribution in [2.24, 2.45) is 0 Å². The molecule has 2 aromatic rings. The number of pyridine rings is 1. The zero-order chi connectivity index (χ0) is 23.5. The molecule has 0 spiro atoms. The Balaban J connectivity index is 1.50. The highest BCUT2D eigenvalue weighted by Gasteiger charge is 2.42. The van der Waals surface area contributed by atoms with E-state index in [-0.39, 0.29) is 12.0 Å². The molecule has 5 rings (SSSR count). The lowest BCUT2D eigenvalue weighted by Gasteiger charge is -2.45. The van der Waals surface area contributed by atoms with Crippen LogP contribution in [0, 0.1) is 0 Å². The van der Waals surface area contributed by atoms with Crippen LogP contribution >= 0.6 is 11.6 Å². The van der Waals surface area contributed by atoms with Gasteiger partial charge >= 0.3 is 0 Å². The second-order valence-corrected chi connectivity index (χ2v) is 12.4. The third-order valence-electron chi connectivity index (χ3n) is 7.30. The van der Waals surface area contributed by atoms with Crippen LogP contribution in [0.2, 0.25) is 5.15 Å². The van der Waals surface area contributed by atoms with Gasteiger partial charge in [0, 0.05) is 60.2 Å². The minimum Gasteiger partial charge on any atom is -0.363 e. The Kier molecular flexibility index (Phi) is 5.53. The average Bonchev–Trinajstić information content (AvgIpc) is 3.18. The van der Waals surface area contributed by atoms with Crippen LogP contribution in [-0.4, -0.2) is 52.1 Å². The van der Waals surface area contributed by atoms with Crippen LogP contribution in [0.5, 0.6) is 0 Å². The molecule has 3 aliphatic rings. The topological polar surface area (TPSA) is 79.3 Å². The maximum atomic E-state index is 12.3. The van der Waals surface area contributed by atoms with Crippen molar-refractivity contribution in [1.29, 1.82) is 0 Å². The van der Waals surface area contributed by atoms with Gasteiger partial charge in [-0.05, 0) is 39.7 Å². The molecule has 2 atom stereocenters. The number of fused-ring (bicyclic) bond motifs is 2. The van der Waals surface area contributed by atoms with E-state index < -0.39 is 15.6 Å². The molecular weight excluding hydrogens is 458 g/mol. The molecule has 1 saturated heterocycles. The molecule has 0 N–H and O–H groups in total. The lowest BCUT2D eigenvalue weighted by atomic mass is 9.80. The van der Waals surface area contributed by atoms with Crippen LogP contribution in [-0.2, 0) is 29.4 Å². The number of hydrogen-bond donors (Lipinski definition) is 0. The minimum absolute atomic E-state index is 0.191. The van der Waals surface area contributed by atoms with Gasteiger partial charge in [-0.25, -0.2) is 23.4 Å². The number of piperidine rings is 1. The van der Waals surface area contributed by atoms with Crippen molar-refractivity contribution in [3.05, 3.63) is 51.8 Å². The monoisotopic (exact) mass is 487 g/mol. The molecule has 2 aromatic heterocycles. The maximum Gasteiger partial charge on any atom is 0.211 e. The van der Waals surface area contributed by atoms with Crippen molar-refractivity contribution in [2.45, 2.75) is 70.5 Å².